The van der Waals surface area contributed by atoms with Gasteiger partial charge in [-0.25, -0.2) is 0 Å². The van der Waals surface area contributed by atoms with Gasteiger partial charge in [0.1, 0.15) is 0 Å². The summed E-state index contributed by atoms with van der Waals surface area (Å²) in [5.74, 6) is 1.95. The minimum atomic E-state index is -0.145. The largest absolute Gasteiger partial charge is 0.378 e. The molecule has 0 radical (unpaired) electrons. The fourth-order valence-electron chi connectivity index (χ4n) is 8.42. The van der Waals surface area contributed by atoms with Crippen LogP contribution in [0.3, 0.4) is 0 Å². The zero-order valence-electron chi connectivity index (χ0n) is 20.5. The molecule has 1 spiro atoms. The highest BCUT2D eigenvalue weighted by molar-refractivity contribution is 5.93. The van der Waals surface area contributed by atoms with E-state index in [1.54, 1.807) is 5.57 Å². The quantitative estimate of drug-likeness (QED) is 0.498. The number of nitrogens with zero attached hydrogens (tertiary/aromatic N) is 1. The lowest BCUT2D eigenvalue weighted by atomic mass is 9.50. The topological polar surface area (TPSA) is 29.5 Å². The number of ketones is 1. The first kappa shape index (κ1) is 21.4. The normalized spacial score (nSPS) is 37.7. The molecule has 0 aromatic heterocycles. The zero-order valence-corrected chi connectivity index (χ0v) is 20.5. The van der Waals surface area contributed by atoms with E-state index in [-0.39, 0.29) is 11.0 Å². The van der Waals surface area contributed by atoms with Gasteiger partial charge in [-0.2, -0.15) is 0 Å². The smallest absolute Gasteiger partial charge is 0.156 e. The lowest BCUT2D eigenvalue weighted by Gasteiger charge is -2.55. The summed E-state index contributed by atoms with van der Waals surface area (Å²) < 4.78 is 6.64. The van der Waals surface area contributed by atoms with Gasteiger partial charge in [-0.3, -0.25) is 4.79 Å². The molecule has 3 fully saturated rings. The number of fused-ring (bicyclic) bond motifs is 5. The molecule has 0 N–H and O–H groups in total. The average molecular weight is 444 g/mol. The summed E-state index contributed by atoms with van der Waals surface area (Å²) in [6, 6.07) is 9.24. The molecule has 1 aliphatic heterocycles. The minimum absolute atomic E-state index is 0.117. The molecule has 4 aliphatic carbocycles. The van der Waals surface area contributed by atoms with Gasteiger partial charge in [-0.05, 0) is 97.3 Å². The lowest BCUT2D eigenvalue weighted by molar-refractivity contribution is -0.114. The number of carbonyl (C=O) groups is 1. The summed E-state index contributed by atoms with van der Waals surface area (Å²) in [4.78, 5) is 14.4. The Morgan fingerprint density at radius 2 is 1.85 bits per heavy atom. The fourth-order valence-corrected chi connectivity index (χ4v) is 8.42. The average Bonchev–Trinajstić information content (AvgIpc) is 3.33. The number of rotatable bonds is 2. The lowest BCUT2D eigenvalue weighted by Crippen LogP contribution is -2.52. The van der Waals surface area contributed by atoms with Crippen molar-refractivity contribution in [1.29, 1.82) is 0 Å². The monoisotopic (exact) mass is 443 g/mol. The second-order valence-electron chi connectivity index (χ2n) is 11.5. The van der Waals surface area contributed by atoms with Crippen LogP contribution in [-0.2, 0) is 9.53 Å². The van der Waals surface area contributed by atoms with Crippen molar-refractivity contribution in [2.24, 2.45) is 17.3 Å². The number of benzene rings is 1. The number of carbonyl (C=O) groups excluding carboxylic acids is 1. The summed E-state index contributed by atoms with van der Waals surface area (Å²) in [6.07, 6.45) is 10.3. The third kappa shape index (κ3) is 2.94. The Bertz CT molecular complexity index is 1080. The fraction of sp³-hybridized carbons (Fsp3) is 0.567. The molecule has 3 unspecified atom stereocenters. The summed E-state index contributed by atoms with van der Waals surface area (Å²) in [5, 5.41) is 0. The van der Waals surface area contributed by atoms with Crippen LogP contribution in [0.25, 0.3) is 0 Å². The molecule has 6 rings (SSSR count). The Labute approximate surface area is 198 Å². The Balaban J connectivity index is 1.51. The minimum Gasteiger partial charge on any atom is -0.378 e. The van der Waals surface area contributed by atoms with Crippen molar-refractivity contribution in [2.45, 2.75) is 69.8 Å². The first-order chi connectivity index (χ1) is 15.8. The Kier molecular flexibility index (Phi) is 4.82. The first-order valence-electron chi connectivity index (χ1n) is 12.9. The maximum Gasteiger partial charge on any atom is 0.156 e. The maximum absolute atomic E-state index is 12.2. The van der Waals surface area contributed by atoms with Crippen molar-refractivity contribution in [1.82, 2.24) is 0 Å². The van der Waals surface area contributed by atoms with Crippen LogP contribution in [0.2, 0.25) is 0 Å². The van der Waals surface area contributed by atoms with Gasteiger partial charge >= 0.3 is 0 Å². The van der Waals surface area contributed by atoms with Gasteiger partial charge in [0.15, 0.2) is 5.78 Å². The molecule has 174 valence electrons. The third-order valence-electron chi connectivity index (χ3n) is 9.99. The van der Waals surface area contributed by atoms with Gasteiger partial charge < -0.3 is 9.64 Å². The van der Waals surface area contributed by atoms with Crippen LogP contribution in [0, 0.1) is 17.3 Å². The molecule has 3 heteroatoms. The molecular formula is C30H37NO2. The number of hydrogen-bond donors (Lipinski definition) is 0. The van der Waals surface area contributed by atoms with E-state index in [0.717, 1.165) is 38.7 Å². The number of allylic oxidation sites excluding steroid dienone is 4. The number of ether oxygens (including phenoxy) is 1. The predicted octanol–water partition coefficient (Wildman–Crippen LogP) is 6.37. The van der Waals surface area contributed by atoms with Crippen LogP contribution < -0.4 is 4.90 Å². The second kappa shape index (κ2) is 7.43. The van der Waals surface area contributed by atoms with Crippen molar-refractivity contribution in [3.05, 3.63) is 64.8 Å². The van der Waals surface area contributed by atoms with Crippen molar-refractivity contribution >= 4 is 11.5 Å². The van der Waals surface area contributed by atoms with E-state index in [1.165, 1.54) is 40.8 Å². The van der Waals surface area contributed by atoms with Crippen LogP contribution in [0.1, 0.15) is 69.8 Å². The molecular weight excluding hydrogens is 406 g/mol. The summed E-state index contributed by atoms with van der Waals surface area (Å²) in [6.45, 7) is 7.90. The van der Waals surface area contributed by atoms with E-state index in [4.69, 9.17) is 4.74 Å². The van der Waals surface area contributed by atoms with Crippen molar-refractivity contribution in [3.63, 3.8) is 0 Å². The molecule has 33 heavy (non-hydrogen) atoms. The summed E-state index contributed by atoms with van der Waals surface area (Å²) in [7, 11) is 4.20. The zero-order chi connectivity index (χ0) is 23.0. The van der Waals surface area contributed by atoms with Gasteiger partial charge in [0, 0.05) is 37.5 Å². The van der Waals surface area contributed by atoms with E-state index in [1.807, 2.05) is 6.08 Å². The summed E-state index contributed by atoms with van der Waals surface area (Å²) in [5.41, 5.74) is 8.51. The van der Waals surface area contributed by atoms with Crippen LogP contribution in [-0.4, -0.2) is 32.1 Å². The van der Waals surface area contributed by atoms with Gasteiger partial charge in [-0.1, -0.05) is 31.2 Å². The molecule has 5 aliphatic rings. The molecule has 1 heterocycles. The Morgan fingerprint density at radius 3 is 2.55 bits per heavy atom. The number of anilines is 1. The van der Waals surface area contributed by atoms with Crippen molar-refractivity contribution < 1.29 is 9.53 Å². The van der Waals surface area contributed by atoms with E-state index in [2.05, 4.69) is 56.8 Å². The van der Waals surface area contributed by atoms with E-state index in [9.17, 15) is 4.79 Å². The third-order valence-corrected chi connectivity index (χ3v) is 9.99. The van der Waals surface area contributed by atoms with Crippen molar-refractivity contribution in [3.8, 4) is 0 Å². The predicted molar refractivity (Wildman–Crippen MR) is 133 cm³/mol. The Morgan fingerprint density at radius 1 is 1.06 bits per heavy atom. The Hall–Kier alpha value is -2.13. The highest BCUT2D eigenvalue weighted by atomic mass is 16.5. The van der Waals surface area contributed by atoms with E-state index >= 15 is 0 Å². The highest BCUT2D eigenvalue weighted by Gasteiger charge is 2.65. The standard InChI is InChI=1S/C30H37NO2/c1-19-14-16-33-30(19)15-13-27-25-11-7-21-17-23(32)10-12-24(21)28(25)26(18-29(27,30)2)20-5-8-22(9-6-20)31(3)4/h5-6,8-9,17,25-27H,1,7,10-16,18H2,2-4H3/t25?,26?,27?,29-,30+/m0/s1. The molecule has 1 aromatic rings. The van der Waals surface area contributed by atoms with Gasteiger partial charge in [-0.15, -0.1) is 0 Å². The maximum atomic E-state index is 12.2. The van der Waals surface area contributed by atoms with Gasteiger partial charge in [0.25, 0.3) is 0 Å². The highest BCUT2D eigenvalue weighted by Crippen LogP contribution is 2.70. The van der Waals surface area contributed by atoms with E-state index < -0.39 is 0 Å². The number of hydrogen-bond acceptors (Lipinski definition) is 3. The second-order valence-corrected chi connectivity index (χ2v) is 11.5. The van der Waals surface area contributed by atoms with Gasteiger partial charge in [0.05, 0.1) is 12.2 Å². The summed E-state index contributed by atoms with van der Waals surface area (Å²) >= 11 is 0. The molecule has 3 nitrogen and oxygen atoms in total. The molecule has 5 atom stereocenters. The molecule has 0 amide bonds. The first-order valence-corrected chi connectivity index (χ1v) is 12.9. The van der Waals surface area contributed by atoms with Gasteiger partial charge in [0.2, 0.25) is 0 Å². The molecule has 1 saturated heterocycles. The SMILES string of the molecule is C=C1CCO[C@]12CCC1C3CCC4=CC(=O)CCC4=C3C(c3ccc(N(C)C)cc3)C[C@@]12C. The van der Waals surface area contributed by atoms with Crippen LogP contribution in [0.4, 0.5) is 5.69 Å². The van der Waals surface area contributed by atoms with Crippen LogP contribution in [0.5, 0.6) is 0 Å². The van der Waals surface area contributed by atoms with Crippen LogP contribution in [0.15, 0.2) is 59.2 Å². The van der Waals surface area contributed by atoms with Crippen molar-refractivity contribution in [2.75, 3.05) is 25.6 Å². The van der Waals surface area contributed by atoms with Crippen LogP contribution >= 0.6 is 0 Å². The van der Waals surface area contributed by atoms with E-state index in [0.29, 0.717) is 30.0 Å². The molecule has 2 saturated carbocycles. The molecule has 0 bridgehead atoms. The molecule has 1 aromatic carbocycles.